The highest BCUT2D eigenvalue weighted by atomic mass is 19.1. The highest BCUT2D eigenvalue weighted by Gasteiger charge is 2.39. The molecule has 0 radical (unpaired) electrons. The van der Waals surface area contributed by atoms with Gasteiger partial charge in [-0.1, -0.05) is 12.1 Å². The van der Waals surface area contributed by atoms with Gasteiger partial charge in [0.05, 0.1) is 31.1 Å². The number of esters is 2. The minimum atomic E-state index is -1.47. The molecule has 0 amide bonds. The van der Waals surface area contributed by atoms with Crippen LogP contribution in [0.2, 0.25) is 0 Å². The summed E-state index contributed by atoms with van der Waals surface area (Å²) in [4.78, 5) is 24.1. The van der Waals surface area contributed by atoms with E-state index in [4.69, 9.17) is 9.47 Å². The van der Waals surface area contributed by atoms with Crippen LogP contribution in [0.4, 0.5) is 4.39 Å². The Morgan fingerprint density at radius 2 is 1.46 bits per heavy atom. The zero-order valence-corrected chi connectivity index (χ0v) is 14.3. The first-order valence-electron chi connectivity index (χ1n) is 7.75. The molecule has 0 fully saturated rings. The van der Waals surface area contributed by atoms with E-state index in [0.29, 0.717) is 5.56 Å². The van der Waals surface area contributed by atoms with Gasteiger partial charge in [-0.15, -0.1) is 0 Å². The van der Waals surface area contributed by atoms with Gasteiger partial charge in [-0.25, -0.2) is 4.39 Å². The SMILES string of the molecule is CC(C)OC(=O)CC(C#N)(CC(=O)OC(C)C)c1ccc(F)cc1. The van der Waals surface area contributed by atoms with E-state index in [1.165, 1.54) is 24.3 Å². The van der Waals surface area contributed by atoms with Crippen molar-refractivity contribution < 1.29 is 23.5 Å². The van der Waals surface area contributed by atoms with Crippen LogP contribution in [0.5, 0.6) is 0 Å². The first-order valence-corrected chi connectivity index (χ1v) is 7.75. The van der Waals surface area contributed by atoms with E-state index < -0.39 is 23.2 Å². The van der Waals surface area contributed by atoms with Crippen molar-refractivity contribution in [2.75, 3.05) is 0 Å². The summed E-state index contributed by atoms with van der Waals surface area (Å²) in [5.41, 5.74) is -1.10. The molecule has 6 heteroatoms. The molecule has 0 aliphatic carbocycles. The summed E-state index contributed by atoms with van der Waals surface area (Å²) >= 11 is 0. The van der Waals surface area contributed by atoms with Crippen molar-refractivity contribution in [3.05, 3.63) is 35.6 Å². The number of rotatable bonds is 7. The molecule has 0 aliphatic heterocycles. The van der Waals surface area contributed by atoms with Gasteiger partial charge in [-0.05, 0) is 45.4 Å². The molecular weight excluding hydrogens is 313 g/mol. The predicted octanol–water partition coefficient (Wildman–Crippen LogP) is 3.27. The number of nitrogens with zero attached hydrogens (tertiary/aromatic N) is 1. The van der Waals surface area contributed by atoms with E-state index in [0.717, 1.165) is 0 Å². The van der Waals surface area contributed by atoms with Crippen LogP contribution in [0.1, 0.15) is 46.1 Å². The number of hydrogen-bond acceptors (Lipinski definition) is 5. The third-order valence-corrected chi connectivity index (χ3v) is 3.24. The van der Waals surface area contributed by atoms with Crippen LogP contribution >= 0.6 is 0 Å². The second-order valence-corrected chi connectivity index (χ2v) is 6.13. The molecule has 0 spiro atoms. The summed E-state index contributed by atoms with van der Waals surface area (Å²) in [5.74, 6) is -1.68. The molecule has 0 unspecified atom stereocenters. The second-order valence-electron chi connectivity index (χ2n) is 6.13. The summed E-state index contributed by atoms with van der Waals surface area (Å²) < 4.78 is 23.4. The normalized spacial score (nSPS) is 11.2. The standard InChI is InChI=1S/C18H22FNO4/c1-12(2)23-16(21)9-18(11-20,10-17(22)24-13(3)4)14-5-7-15(19)8-6-14/h5-8,12-13H,9-10H2,1-4H3. The van der Waals surface area contributed by atoms with E-state index in [9.17, 15) is 19.2 Å². The highest BCUT2D eigenvalue weighted by molar-refractivity contribution is 5.77. The topological polar surface area (TPSA) is 76.4 Å². The van der Waals surface area contributed by atoms with Crippen LogP contribution in [-0.2, 0) is 24.5 Å². The van der Waals surface area contributed by atoms with Gasteiger partial charge in [0.1, 0.15) is 11.2 Å². The van der Waals surface area contributed by atoms with Gasteiger partial charge in [0.15, 0.2) is 0 Å². The van der Waals surface area contributed by atoms with E-state index in [-0.39, 0.29) is 25.0 Å². The van der Waals surface area contributed by atoms with Crippen molar-refractivity contribution in [2.24, 2.45) is 0 Å². The molecule has 0 saturated heterocycles. The van der Waals surface area contributed by atoms with E-state index in [1.807, 2.05) is 6.07 Å². The maximum Gasteiger partial charge on any atom is 0.308 e. The molecule has 5 nitrogen and oxygen atoms in total. The maximum atomic E-state index is 13.2. The summed E-state index contributed by atoms with van der Waals surface area (Å²) in [6, 6.07) is 7.19. The van der Waals surface area contributed by atoms with Crippen LogP contribution < -0.4 is 0 Å². The third-order valence-electron chi connectivity index (χ3n) is 3.24. The van der Waals surface area contributed by atoms with Gasteiger partial charge in [0.2, 0.25) is 0 Å². The zero-order chi connectivity index (χ0) is 18.3. The Hall–Kier alpha value is -2.42. The molecule has 0 heterocycles. The van der Waals surface area contributed by atoms with Crippen LogP contribution in [-0.4, -0.2) is 24.1 Å². The molecule has 1 aromatic carbocycles. The molecular formula is C18H22FNO4. The quantitative estimate of drug-likeness (QED) is 0.715. The summed E-state index contributed by atoms with van der Waals surface area (Å²) in [6.45, 7) is 6.77. The Bertz CT molecular complexity index is 593. The Kier molecular flexibility index (Phi) is 6.90. The van der Waals surface area contributed by atoms with Crippen LogP contribution in [0.25, 0.3) is 0 Å². The minimum absolute atomic E-state index is 0.319. The van der Waals surface area contributed by atoms with Crippen molar-refractivity contribution >= 4 is 11.9 Å². The van der Waals surface area contributed by atoms with Crippen molar-refractivity contribution in [1.82, 2.24) is 0 Å². The highest BCUT2D eigenvalue weighted by Crippen LogP contribution is 2.33. The minimum Gasteiger partial charge on any atom is -0.463 e. The average molecular weight is 335 g/mol. The largest absolute Gasteiger partial charge is 0.463 e. The summed E-state index contributed by atoms with van der Waals surface area (Å²) in [5, 5.41) is 9.71. The molecule has 0 aliphatic rings. The van der Waals surface area contributed by atoms with Crippen molar-refractivity contribution in [3.63, 3.8) is 0 Å². The lowest BCUT2D eigenvalue weighted by Gasteiger charge is -2.26. The average Bonchev–Trinajstić information content (AvgIpc) is 2.45. The number of ether oxygens (including phenoxy) is 2. The lowest BCUT2D eigenvalue weighted by molar-refractivity contribution is -0.151. The number of hydrogen-bond donors (Lipinski definition) is 0. The molecule has 0 N–H and O–H groups in total. The summed E-state index contributed by atoms with van der Waals surface area (Å²) in [7, 11) is 0. The van der Waals surface area contributed by atoms with Crippen LogP contribution in [0.3, 0.4) is 0 Å². The summed E-state index contributed by atoms with van der Waals surface area (Å²) in [6.07, 6.45) is -1.32. The lowest BCUT2D eigenvalue weighted by atomic mass is 9.76. The van der Waals surface area contributed by atoms with E-state index in [2.05, 4.69) is 0 Å². The third kappa shape index (κ3) is 5.65. The van der Waals surface area contributed by atoms with Gasteiger partial charge >= 0.3 is 11.9 Å². The fourth-order valence-corrected chi connectivity index (χ4v) is 2.28. The van der Waals surface area contributed by atoms with Crippen LogP contribution in [0, 0.1) is 17.1 Å². The lowest BCUT2D eigenvalue weighted by Crippen LogP contribution is -2.33. The molecule has 0 aromatic heterocycles. The monoisotopic (exact) mass is 335 g/mol. The molecule has 0 atom stereocenters. The fourth-order valence-electron chi connectivity index (χ4n) is 2.28. The van der Waals surface area contributed by atoms with Crippen molar-refractivity contribution in [1.29, 1.82) is 5.26 Å². The number of carbonyl (C=O) groups is 2. The van der Waals surface area contributed by atoms with Gasteiger partial charge in [0.25, 0.3) is 0 Å². The van der Waals surface area contributed by atoms with Gasteiger partial charge in [0, 0.05) is 0 Å². The Morgan fingerprint density at radius 3 is 1.79 bits per heavy atom. The number of carbonyl (C=O) groups excluding carboxylic acids is 2. The Labute approximate surface area is 141 Å². The van der Waals surface area contributed by atoms with Gasteiger partial charge in [-0.3, -0.25) is 9.59 Å². The Balaban J connectivity index is 3.16. The number of benzene rings is 1. The molecule has 1 rings (SSSR count). The van der Waals surface area contributed by atoms with Crippen molar-refractivity contribution in [2.45, 2.75) is 58.2 Å². The first kappa shape index (κ1) is 19.6. The zero-order valence-electron chi connectivity index (χ0n) is 14.3. The van der Waals surface area contributed by atoms with Gasteiger partial charge in [-0.2, -0.15) is 5.26 Å². The van der Waals surface area contributed by atoms with E-state index >= 15 is 0 Å². The number of halogens is 1. The van der Waals surface area contributed by atoms with E-state index in [1.54, 1.807) is 27.7 Å². The molecule has 1 aromatic rings. The molecule has 24 heavy (non-hydrogen) atoms. The second kappa shape index (κ2) is 8.44. The van der Waals surface area contributed by atoms with Gasteiger partial charge < -0.3 is 9.47 Å². The first-order chi connectivity index (χ1) is 11.2. The fraction of sp³-hybridized carbons (Fsp3) is 0.500. The molecule has 130 valence electrons. The predicted molar refractivity (Wildman–Crippen MR) is 85.4 cm³/mol. The molecule has 0 saturated carbocycles. The number of nitriles is 1. The maximum absolute atomic E-state index is 13.2. The smallest absolute Gasteiger partial charge is 0.308 e. The van der Waals surface area contributed by atoms with Crippen molar-refractivity contribution in [3.8, 4) is 6.07 Å². The Morgan fingerprint density at radius 1 is 1.04 bits per heavy atom. The molecule has 0 bridgehead atoms. The van der Waals surface area contributed by atoms with Crippen LogP contribution in [0.15, 0.2) is 24.3 Å².